The minimum absolute atomic E-state index is 0.0307. The number of ether oxygens (including phenoxy) is 1. The number of nitrogens with zero attached hydrogens (tertiary/aromatic N) is 2. The molecule has 3 rings (SSSR count). The zero-order valence-corrected chi connectivity index (χ0v) is 17.2. The molecule has 0 radical (unpaired) electrons. The van der Waals surface area contributed by atoms with Crippen LogP contribution < -0.4 is 10.4 Å². The Morgan fingerprint density at radius 3 is 2.21 bits per heavy atom. The molecule has 7 nitrogen and oxygen atoms in total. The van der Waals surface area contributed by atoms with E-state index in [1.54, 1.807) is 24.3 Å². The molecule has 0 saturated carbocycles. The number of benzene rings is 2. The fourth-order valence-corrected chi connectivity index (χ4v) is 3.94. The van der Waals surface area contributed by atoms with Gasteiger partial charge in [0.2, 0.25) is 0 Å². The third-order valence-electron chi connectivity index (χ3n) is 4.50. The molecule has 0 fully saturated rings. The van der Waals surface area contributed by atoms with Gasteiger partial charge in [-0.25, -0.2) is 17.8 Å². The first kappa shape index (κ1) is 20.6. The Balaban J connectivity index is 1.77. The van der Waals surface area contributed by atoms with Gasteiger partial charge in [0.1, 0.15) is 5.75 Å². The summed E-state index contributed by atoms with van der Waals surface area (Å²) in [5.41, 5.74) is 1.07. The predicted octanol–water partition coefficient (Wildman–Crippen LogP) is 3.04. The van der Waals surface area contributed by atoms with E-state index in [-0.39, 0.29) is 4.90 Å². The van der Waals surface area contributed by atoms with Crippen LogP contribution >= 0.6 is 0 Å². The molecule has 0 aliphatic rings. The van der Waals surface area contributed by atoms with E-state index in [1.165, 1.54) is 12.1 Å². The lowest BCUT2D eigenvalue weighted by molar-refractivity contribution is 0.0833. The predicted molar refractivity (Wildman–Crippen MR) is 109 cm³/mol. The lowest BCUT2D eigenvalue weighted by Gasteiger charge is -2.08. The van der Waals surface area contributed by atoms with Gasteiger partial charge in [0.25, 0.3) is 15.9 Å². The number of hydrogen-bond donors (Lipinski definition) is 0. The van der Waals surface area contributed by atoms with Gasteiger partial charge in [-0.15, -0.1) is 0 Å². The molecule has 0 unspecified atom stereocenters. The topological polar surface area (TPSA) is 87.4 Å². The van der Waals surface area contributed by atoms with Gasteiger partial charge in [0, 0.05) is 12.4 Å². The molecule has 8 heteroatoms. The first-order valence-corrected chi connectivity index (χ1v) is 10.5. The number of aryl methyl sites for hydroxylation is 1. The van der Waals surface area contributed by atoms with Crippen molar-refractivity contribution >= 4 is 15.9 Å². The SMILES string of the molecule is Cc1ccc(S(=O)(=O)n2ccn(C(=O)COc3ccc(C(C)C)cc3)c2=O)cc1. The van der Waals surface area contributed by atoms with Crippen LogP contribution in [0.4, 0.5) is 0 Å². The van der Waals surface area contributed by atoms with Crippen molar-refractivity contribution < 1.29 is 17.9 Å². The van der Waals surface area contributed by atoms with Crippen LogP contribution in [0.5, 0.6) is 5.75 Å². The maximum atomic E-state index is 12.7. The van der Waals surface area contributed by atoms with E-state index in [0.29, 0.717) is 15.6 Å². The van der Waals surface area contributed by atoms with Gasteiger partial charge in [-0.3, -0.25) is 4.79 Å². The number of aromatic nitrogens is 2. The minimum atomic E-state index is -4.09. The summed E-state index contributed by atoms with van der Waals surface area (Å²) in [5, 5.41) is 0. The fourth-order valence-electron chi connectivity index (χ4n) is 2.72. The van der Waals surface area contributed by atoms with E-state index in [1.807, 2.05) is 19.1 Å². The third kappa shape index (κ3) is 4.32. The van der Waals surface area contributed by atoms with Crippen LogP contribution in [0.25, 0.3) is 0 Å². The average Bonchev–Trinajstić information content (AvgIpc) is 3.09. The van der Waals surface area contributed by atoms with Crippen molar-refractivity contribution in [2.45, 2.75) is 31.6 Å². The van der Waals surface area contributed by atoms with Crippen LogP contribution in [0, 0.1) is 6.92 Å². The Bertz CT molecular complexity index is 1170. The smallest absolute Gasteiger partial charge is 0.349 e. The van der Waals surface area contributed by atoms with E-state index < -0.39 is 28.2 Å². The molecule has 1 heterocycles. The molecule has 0 amide bonds. The lowest BCUT2D eigenvalue weighted by Crippen LogP contribution is -2.34. The third-order valence-corrected chi connectivity index (χ3v) is 6.16. The summed E-state index contributed by atoms with van der Waals surface area (Å²) in [6.45, 7) is 5.58. The highest BCUT2D eigenvalue weighted by molar-refractivity contribution is 7.90. The van der Waals surface area contributed by atoms with Crippen molar-refractivity contribution in [3.05, 3.63) is 82.5 Å². The number of carbonyl (C=O) groups excluding carboxylic acids is 1. The Labute approximate surface area is 169 Å². The highest BCUT2D eigenvalue weighted by atomic mass is 32.2. The van der Waals surface area contributed by atoms with Gasteiger partial charge in [-0.05, 0) is 42.7 Å². The normalized spacial score (nSPS) is 11.6. The van der Waals surface area contributed by atoms with Gasteiger partial charge in [-0.1, -0.05) is 43.7 Å². The average molecular weight is 414 g/mol. The van der Waals surface area contributed by atoms with E-state index in [9.17, 15) is 18.0 Å². The van der Waals surface area contributed by atoms with Crippen LogP contribution in [-0.4, -0.2) is 29.5 Å². The monoisotopic (exact) mass is 414 g/mol. The molecule has 0 aliphatic carbocycles. The molecule has 2 aromatic carbocycles. The minimum Gasteiger partial charge on any atom is -0.484 e. The zero-order chi connectivity index (χ0) is 21.2. The summed E-state index contributed by atoms with van der Waals surface area (Å²) >= 11 is 0. The molecular formula is C21H22N2O5S. The van der Waals surface area contributed by atoms with Crippen molar-refractivity contribution in [1.82, 2.24) is 8.54 Å². The Hall–Kier alpha value is -3.13. The maximum absolute atomic E-state index is 12.7. The largest absolute Gasteiger partial charge is 0.484 e. The van der Waals surface area contributed by atoms with E-state index in [4.69, 9.17) is 4.74 Å². The van der Waals surface area contributed by atoms with Gasteiger partial charge in [-0.2, -0.15) is 3.97 Å². The number of imidazole rings is 1. The van der Waals surface area contributed by atoms with Crippen LogP contribution in [0.15, 0.2) is 70.6 Å². The van der Waals surface area contributed by atoms with Crippen LogP contribution in [0.2, 0.25) is 0 Å². The molecule has 0 aliphatic heterocycles. The molecule has 152 valence electrons. The Morgan fingerprint density at radius 1 is 1.00 bits per heavy atom. The second-order valence-electron chi connectivity index (χ2n) is 6.97. The summed E-state index contributed by atoms with van der Waals surface area (Å²) in [6.07, 6.45) is 2.19. The quantitative estimate of drug-likeness (QED) is 0.619. The van der Waals surface area contributed by atoms with E-state index >= 15 is 0 Å². The van der Waals surface area contributed by atoms with Gasteiger partial charge in [0.15, 0.2) is 6.61 Å². The van der Waals surface area contributed by atoms with Gasteiger partial charge >= 0.3 is 5.69 Å². The Kier molecular flexibility index (Phi) is 5.74. The van der Waals surface area contributed by atoms with Crippen LogP contribution in [0.1, 0.15) is 35.7 Å². The second-order valence-corrected chi connectivity index (χ2v) is 8.79. The standard InChI is InChI=1S/C21H22N2O5S/c1-15(2)17-6-8-18(9-7-17)28-14-20(24)22-12-13-23(21(22)25)29(26,27)19-10-4-16(3)5-11-19/h4-13,15H,14H2,1-3H3. The highest BCUT2D eigenvalue weighted by Gasteiger charge is 2.22. The molecule has 0 N–H and O–H groups in total. The van der Waals surface area contributed by atoms with Crippen molar-refractivity contribution in [3.63, 3.8) is 0 Å². The lowest BCUT2D eigenvalue weighted by atomic mass is 10.0. The molecule has 1 aromatic heterocycles. The maximum Gasteiger partial charge on any atom is 0.349 e. The van der Waals surface area contributed by atoms with Gasteiger partial charge in [0.05, 0.1) is 4.90 Å². The van der Waals surface area contributed by atoms with Crippen molar-refractivity contribution in [2.24, 2.45) is 0 Å². The van der Waals surface area contributed by atoms with Crippen LogP contribution in [0.3, 0.4) is 0 Å². The van der Waals surface area contributed by atoms with Crippen LogP contribution in [-0.2, 0) is 10.0 Å². The molecular weight excluding hydrogens is 392 g/mol. The number of hydrogen-bond acceptors (Lipinski definition) is 5. The van der Waals surface area contributed by atoms with E-state index in [2.05, 4.69) is 13.8 Å². The molecule has 0 atom stereocenters. The first-order chi connectivity index (χ1) is 13.7. The highest BCUT2D eigenvalue weighted by Crippen LogP contribution is 2.18. The molecule has 3 aromatic rings. The summed E-state index contributed by atoms with van der Waals surface area (Å²) in [4.78, 5) is 24.8. The van der Waals surface area contributed by atoms with Crippen molar-refractivity contribution in [1.29, 1.82) is 0 Å². The number of carbonyl (C=O) groups is 1. The fraction of sp³-hybridized carbons (Fsp3) is 0.238. The first-order valence-electron chi connectivity index (χ1n) is 9.08. The van der Waals surface area contributed by atoms with Crippen molar-refractivity contribution in [3.8, 4) is 5.75 Å². The summed E-state index contributed by atoms with van der Waals surface area (Å²) in [7, 11) is -4.09. The zero-order valence-electron chi connectivity index (χ0n) is 16.4. The summed E-state index contributed by atoms with van der Waals surface area (Å²) in [6, 6.07) is 13.4. The molecule has 0 saturated heterocycles. The van der Waals surface area contributed by atoms with Crippen molar-refractivity contribution in [2.75, 3.05) is 6.61 Å². The van der Waals surface area contributed by atoms with Gasteiger partial charge < -0.3 is 4.74 Å². The molecule has 0 spiro atoms. The summed E-state index contributed by atoms with van der Waals surface area (Å²) in [5.74, 6) is 0.197. The second kappa shape index (κ2) is 8.08. The molecule has 29 heavy (non-hydrogen) atoms. The number of rotatable bonds is 6. The Morgan fingerprint density at radius 2 is 1.62 bits per heavy atom. The van der Waals surface area contributed by atoms with E-state index in [0.717, 1.165) is 28.1 Å². The molecule has 0 bridgehead atoms. The summed E-state index contributed by atoms with van der Waals surface area (Å²) < 4.78 is 32.1.